The van der Waals surface area contributed by atoms with Crippen LogP contribution >= 0.6 is 0 Å². The van der Waals surface area contributed by atoms with Gasteiger partial charge in [0, 0.05) is 5.69 Å². The van der Waals surface area contributed by atoms with Crippen molar-refractivity contribution in [1.29, 1.82) is 0 Å². The van der Waals surface area contributed by atoms with E-state index in [0.29, 0.717) is 12.1 Å². The summed E-state index contributed by atoms with van der Waals surface area (Å²) in [6.45, 7) is 7.74. The molecule has 0 fully saturated rings. The summed E-state index contributed by atoms with van der Waals surface area (Å²) >= 11 is 0. The standard InChI is InChI=1S/C14H24N2O2S/c1-4-8-15-9-5-10-19(17,18)16-14-7-6-12(2)13(3)11-14/h6-7,11,15-16H,4-5,8-10H2,1-3H3. The molecule has 1 rings (SSSR count). The average Bonchev–Trinajstić information content (AvgIpc) is 2.33. The fourth-order valence-electron chi connectivity index (χ4n) is 1.72. The molecule has 0 aromatic heterocycles. The lowest BCUT2D eigenvalue weighted by Crippen LogP contribution is -2.22. The predicted octanol–water partition coefficient (Wildman–Crippen LogP) is 2.43. The molecule has 5 heteroatoms. The van der Waals surface area contributed by atoms with Gasteiger partial charge in [0.2, 0.25) is 10.0 Å². The van der Waals surface area contributed by atoms with E-state index in [1.807, 2.05) is 26.0 Å². The Morgan fingerprint density at radius 3 is 2.47 bits per heavy atom. The molecule has 0 unspecified atom stereocenters. The van der Waals surface area contributed by atoms with Crippen LogP contribution in [0.5, 0.6) is 0 Å². The van der Waals surface area contributed by atoms with Gasteiger partial charge < -0.3 is 5.32 Å². The molecule has 0 spiro atoms. The lowest BCUT2D eigenvalue weighted by atomic mass is 10.1. The van der Waals surface area contributed by atoms with Gasteiger partial charge >= 0.3 is 0 Å². The molecule has 19 heavy (non-hydrogen) atoms. The second-order valence-corrected chi connectivity index (χ2v) is 6.67. The van der Waals surface area contributed by atoms with Gasteiger partial charge in [-0.25, -0.2) is 8.42 Å². The zero-order valence-corrected chi connectivity index (χ0v) is 12.8. The molecule has 0 aliphatic carbocycles. The highest BCUT2D eigenvalue weighted by Gasteiger charge is 2.10. The topological polar surface area (TPSA) is 58.2 Å². The van der Waals surface area contributed by atoms with Gasteiger partial charge in [0.1, 0.15) is 0 Å². The molecular formula is C14H24N2O2S. The van der Waals surface area contributed by atoms with Crippen molar-refractivity contribution in [1.82, 2.24) is 5.32 Å². The summed E-state index contributed by atoms with van der Waals surface area (Å²) in [7, 11) is -3.24. The summed E-state index contributed by atoms with van der Waals surface area (Å²) in [6.07, 6.45) is 1.69. The largest absolute Gasteiger partial charge is 0.317 e. The van der Waals surface area contributed by atoms with Crippen LogP contribution in [0.1, 0.15) is 30.9 Å². The van der Waals surface area contributed by atoms with Gasteiger partial charge in [-0.2, -0.15) is 0 Å². The highest BCUT2D eigenvalue weighted by Crippen LogP contribution is 2.15. The second-order valence-electron chi connectivity index (χ2n) is 4.82. The monoisotopic (exact) mass is 284 g/mol. The molecule has 0 aliphatic rings. The summed E-state index contributed by atoms with van der Waals surface area (Å²) in [5.41, 5.74) is 2.89. The highest BCUT2D eigenvalue weighted by molar-refractivity contribution is 7.92. The Hall–Kier alpha value is -1.07. The van der Waals surface area contributed by atoms with Crippen molar-refractivity contribution in [2.24, 2.45) is 0 Å². The van der Waals surface area contributed by atoms with Gasteiger partial charge in [-0.05, 0) is 63.0 Å². The van der Waals surface area contributed by atoms with Gasteiger partial charge in [-0.1, -0.05) is 13.0 Å². The SMILES string of the molecule is CCCNCCCS(=O)(=O)Nc1ccc(C)c(C)c1. The first-order chi connectivity index (χ1) is 8.94. The molecule has 0 heterocycles. The smallest absolute Gasteiger partial charge is 0.232 e. The molecule has 0 bridgehead atoms. The summed E-state index contributed by atoms with van der Waals surface area (Å²) in [5, 5.41) is 3.20. The van der Waals surface area contributed by atoms with Crippen LogP contribution in [0, 0.1) is 13.8 Å². The summed E-state index contributed by atoms with van der Waals surface area (Å²) in [4.78, 5) is 0. The normalized spacial score (nSPS) is 11.5. The first kappa shape index (κ1) is 16.0. The Morgan fingerprint density at radius 2 is 1.84 bits per heavy atom. The van der Waals surface area contributed by atoms with E-state index in [1.54, 1.807) is 6.07 Å². The van der Waals surface area contributed by atoms with E-state index in [-0.39, 0.29) is 5.75 Å². The molecule has 4 nitrogen and oxygen atoms in total. The fraction of sp³-hybridized carbons (Fsp3) is 0.571. The molecular weight excluding hydrogens is 260 g/mol. The molecule has 0 amide bonds. The minimum atomic E-state index is -3.24. The number of hydrogen-bond acceptors (Lipinski definition) is 3. The molecule has 0 saturated carbocycles. The van der Waals surface area contributed by atoms with Crippen molar-refractivity contribution in [3.8, 4) is 0 Å². The maximum atomic E-state index is 11.9. The van der Waals surface area contributed by atoms with Gasteiger partial charge in [0.15, 0.2) is 0 Å². The van der Waals surface area contributed by atoms with Crippen LogP contribution in [0.4, 0.5) is 5.69 Å². The van der Waals surface area contributed by atoms with Crippen LogP contribution in [0.15, 0.2) is 18.2 Å². The number of rotatable bonds is 8. The third kappa shape index (κ3) is 6.07. The summed E-state index contributed by atoms with van der Waals surface area (Å²) < 4.78 is 26.4. The third-order valence-corrected chi connectivity index (χ3v) is 4.35. The number of nitrogens with one attached hydrogen (secondary N) is 2. The predicted molar refractivity (Wildman–Crippen MR) is 81.1 cm³/mol. The molecule has 1 aromatic carbocycles. The quantitative estimate of drug-likeness (QED) is 0.721. The lowest BCUT2D eigenvalue weighted by molar-refractivity contribution is 0.593. The molecule has 0 radical (unpaired) electrons. The van der Waals surface area contributed by atoms with Crippen molar-refractivity contribution >= 4 is 15.7 Å². The van der Waals surface area contributed by atoms with E-state index in [4.69, 9.17) is 0 Å². The minimum Gasteiger partial charge on any atom is -0.317 e. The highest BCUT2D eigenvalue weighted by atomic mass is 32.2. The second kappa shape index (κ2) is 7.50. The first-order valence-electron chi connectivity index (χ1n) is 6.73. The third-order valence-electron chi connectivity index (χ3n) is 2.97. The maximum absolute atomic E-state index is 11.9. The van der Waals surface area contributed by atoms with Gasteiger partial charge in [-0.15, -0.1) is 0 Å². The fourth-order valence-corrected chi connectivity index (χ4v) is 2.84. The molecule has 1 aromatic rings. The van der Waals surface area contributed by atoms with Gasteiger partial charge in [0.25, 0.3) is 0 Å². The van der Waals surface area contributed by atoms with Crippen LogP contribution in [0.2, 0.25) is 0 Å². The number of benzene rings is 1. The van der Waals surface area contributed by atoms with Crippen molar-refractivity contribution < 1.29 is 8.42 Å². The summed E-state index contributed by atoms with van der Waals surface area (Å²) in [5.74, 6) is 0.149. The van der Waals surface area contributed by atoms with Crippen LogP contribution in [-0.4, -0.2) is 27.3 Å². The molecule has 0 saturated heterocycles. The molecule has 2 N–H and O–H groups in total. The Balaban J connectivity index is 2.47. The molecule has 0 atom stereocenters. The van der Waals surface area contributed by atoms with Crippen molar-refractivity contribution in [2.45, 2.75) is 33.6 Å². The van der Waals surface area contributed by atoms with E-state index < -0.39 is 10.0 Å². The zero-order chi connectivity index (χ0) is 14.3. The Bertz CT molecular complexity index is 498. The number of hydrogen-bond donors (Lipinski definition) is 2. The van der Waals surface area contributed by atoms with E-state index in [0.717, 1.165) is 30.6 Å². The summed E-state index contributed by atoms with van der Waals surface area (Å²) in [6, 6.07) is 5.59. The minimum absolute atomic E-state index is 0.149. The van der Waals surface area contributed by atoms with Gasteiger partial charge in [0.05, 0.1) is 5.75 Å². The Morgan fingerprint density at radius 1 is 1.11 bits per heavy atom. The number of anilines is 1. The van der Waals surface area contributed by atoms with Gasteiger partial charge in [-0.3, -0.25) is 4.72 Å². The van der Waals surface area contributed by atoms with Crippen LogP contribution in [0.3, 0.4) is 0 Å². The number of sulfonamides is 1. The van der Waals surface area contributed by atoms with Crippen molar-refractivity contribution in [2.75, 3.05) is 23.6 Å². The van der Waals surface area contributed by atoms with Crippen LogP contribution in [0.25, 0.3) is 0 Å². The Labute approximate surface area is 116 Å². The van der Waals surface area contributed by atoms with Crippen molar-refractivity contribution in [3.05, 3.63) is 29.3 Å². The van der Waals surface area contributed by atoms with E-state index in [9.17, 15) is 8.42 Å². The van der Waals surface area contributed by atoms with E-state index in [1.165, 1.54) is 0 Å². The average molecular weight is 284 g/mol. The molecule has 0 aliphatic heterocycles. The number of aryl methyl sites for hydroxylation is 2. The van der Waals surface area contributed by atoms with Crippen LogP contribution < -0.4 is 10.0 Å². The van der Waals surface area contributed by atoms with E-state index >= 15 is 0 Å². The van der Waals surface area contributed by atoms with Crippen LogP contribution in [-0.2, 0) is 10.0 Å². The maximum Gasteiger partial charge on any atom is 0.232 e. The zero-order valence-electron chi connectivity index (χ0n) is 12.0. The van der Waals surface area contributed by atoms with Crippen molar-refractivity contribution in [3.63, 3.8) is 0 Å². The Kier molecular flexibility index (Phi) is 6.31. The lowest BCUT2D eigenvalue weighted by Gasteiger charge is -2.10. The van der Waals surface area contributed by atoms with E-state index in [2.05, 4.69) is 17.0 Å². The first-order valence-corrected chi connectivity index (χ1v) is 8.38. The molecule has 108 valence electrons.